The highest BCUT2D eigenvalue weighted by molar-refractivity contribution is 5.92. The fraction of sp³-hybridized carbons (Fsp3) is 0. The van der Waals surface area contributed by atoms with Crippen LogP contribution in [0.5, 0.6) is 0 Å². The van der Waals surface area contributed by atoms with E-state index in [0.717, 1.165) is 0 Å². The van der Waals surface area contributed by atoms with Crippen molar-refractivity contribution in [1.82, 2.24) is 4.98 Å². The highest BCUT2D eigenvalue weighted by Gasteiger charge is 2.21. The number of nitrogens with two attached hydrogens (primary N) is 1. The molecule has 2 aromatic rings. The normalized spacial score (nSPS) is 10.3. The molecule has 6 heteroatoms. The predicted molar refractivity (Wildman–Crippen MR) is 53.3 cm³/mol. The summed E-state index contributed by atoms with van der Waals surface area (Å²) in [5.41, 5.74) is 4.86. The highest BCUT2D eigenvalue weighted by Crippen LogP contribution is 2.28. The molecule has 3 N–H and O–H groups in total. The summed E-state index contributed by atoms with van der Waals surface area (Å²) in [4.78, 5) is 14.3. The lowest BCUT2D eigenvalue weighted by atomic mass is 10.1. The van der Waals surface area contributed by atoms with Crippen molar-refractivity contribution in [3.63, 3.8) is 0 Å². The number of hydrogen-bond donors (Lipinski definition) is 2. The van der Waals surface area contributed by atoms with Gasteiger partial charge in [-0.3, -0.25) is 0 Å². The second-order valence-electron chi connectivity index (χ2n) is 3.01. The van der Waals surface area contributed by atoms with Crippen LogP contribution >= 0.6 is 0 Å². The Kier molecular flexibility index (Phi) is 2.32. The number of halogens is 1. The number of hydrogen-bond acceptors (Lipinski definition) is 4. The van der Waals surface area contributed by atoms with Crippen molar-refractivity contribution in [3.8, 4) is 11.3 Å². The van der Waals surface area contributed by atoms with Crippen LogP contribution in [0.1, 0.15) is 10.5 Å². The molecular formula is C10H7FN2O3. The van der Waals surface area contributed by atoms with E-state index in [1.807, 2.05) is 0 Å². The van der Waals surface area contributed by atoms with Gasteiger partial charge in [0.25, 0.3) is 6.01 Å². The molecule has 1 aromatic heterocycles. The molecule has 0 aliphatic heterocycles. The number of aromatic carboxylic acids is 1. The first-order chi connectivity index (χ1) is 7.59. The van der Waals surface area contributed by atoms with Crippen LogP contribution < -0.4 is 5.73 Å². The predicted octanol–water partition coefficient (Wildman–Crippen LogP) is 1.76. The molecule has 16 heavy (non-hydrogen) atoms. The van der Waals surface area contributed by atoms with Crippen LogP contribution in [-0.2, 0) is 0 Å². The van der Waals surface area contributed by atoms with Gasteiger partial charge in [-0.2, -0.15) is 4.98 Å². The number of nitrogen functional groups attached to an aromatic ring is 1. The average molecular weight is 222 g/mol. The van der Waals surface area contributed by atoms with Crippen LogP contribution in [-0.4, -0.2) is 16.1 Å². The molecule has 1 heterocycles. The van der Waals surface area contributed by atoms with Gasteiger partial charge in [0, 0.05) is 0 Å². The third kappa shape index (κ3) is 1.60. The maximum Gasteiger partial charge on any atom is 0.358 e. The third-order valence-corrected chi connectivity index (χ3v) is 1.96. The molecule has 0 aliphatic carbocycles. The van der Waals surface area contributed by atoms with Crippen molar-refractivity contribution in [2.45, 2.75) is 0 Å². The summed E-state index contributed by atoms with van der Waals surface area (Å²) >= 11 is 0. The van der Waals surface area contributed by atoms with Crippen LogP contribution in [0.3, 0.4) is 0 Å². The van der Waals surface area contributed by atoms with E-state index in [1.54, 1.807) is 6.07 Å². The van der Waals surface area contributed by atoms with E-state index in [2.05, 4.69) is 4.98 Å². The van der Waals surface area contributed by atoms with Crippen molar-refractivity contribution < 1.29 is 18.7 Å². The van der Waals surface area contributed by atoms with Crippen LogP contribution in [0.25, 0.3) is 11.3 Å². The van der Waals surface area contributed by atoms with Crippen LogP contribution in [0.4, 0.5) is 10.4 Å². The quantitative estimate of drug-likeness (QED) is 0.808. The molecular weight excluding hydrogens is 215 g/mol. The Balaban J connectivity index is 2.64. The van der Waals surface area contributed by atoms with Gasteiger partial charge in [-0.1, -0.05) is 12.1 Å². The van der Waals surface area contributed by atoms with E-state index in [0.29, 0.717) is 0 Å². The minimum absolute atomic E-state index is 0.0177. The number of benzene rings is 1. The number of nitrogens with zero attached hydrogens (tertiary/aromatic N) is 1. The van der Waals surface area contributed by atoms with E-state index in [9.17, 15) is 9.18 Å². The van der Waals surface area contributed by atoms with E-state index in [1.165, 1.54) is 18.2 Å². The molecule has 0 amide bonds. The Morgan fingerprint density at radius 3 is 2.75 bits per heavy atom. The molecule has 0 fully saturated rings. The lowest BCUT2D eigenvalue weighted by molar-refractivity contribution is 0.0691. The maximum absolute atomic E-state index is 13.4. The van der Waals surface area contributed by atoms with Crippen LogP contribution in [0.15, 0.2) is 28.7 Å². The van der Waals surface area contributed by atoms with Gasteiger partial charge < -0.3 is 15.3 Å². The Bertz CT molecular complexity index is 551. The maximum atomic E-state index is 13.4. The summed E-state index contributed by atoms with van der Waals surface area (Å²) < 4.78 is 18.3. The number of rotatable bonds is 2. The Morgan fingerprint density at radius 2 is 2.12 bits per heavy atom. The standard InChI is InChI=1S/C10H7FN2O3/c11-6-4-2-1-3-5(6)8-7(9(14)15)13-10(12)16-8/h1-4H,(H2,12,13)(H,14,15). The fourth-order valence-corrected chi connectivity index (χ4v) is 1.31. The lowest BCUT2D eigenvalue weighted by Gasteiger charge is -1.98. The number of anilines is 1. The van der Waals surface area contributed by atoms with Crippen LogP contribution in [0.2, 0.25) is 0 Å². The highest BCUT2D eigenvalue weighted by atomic mass is 19.1. The van der Waals surface area contributed by atoms with Gasteiger partial charge in [-0.25, -0.2) is 9.18 Å². The molecule has 0 unspecified atom stereocenters. The molecule has 0 radical (unpaired) electrons. The van der Waals surface area contributed by atoms with Gasteiger partial charge in [0.1, 0.15) is 5.82 Å². The topological polar surface area (TPSA) is 89.3 Å². The zero-order valence-electron chi connectivity index (χ0n) is 7.98. The molecule has 1 aromatic carbocycles. The monoisotopic (exact) mass is 222 g/mol. The van der Waals surface area contributed by atoms with E-state index in [-0.39, 0.29) is 17.3 Å². The van der Waals surface area contributed by atoms with Crippen molar-refractivity contribution in [2.24, 2.45) is 0 Å². The van der Waals surface area contributed by atoms with Gasteiger partial charge in [0.05, 0.1) is 5.56 Å². The molecule has 5 nitrogen and oxygen atoms in total. The molecule has 0 saturated heterocycles. The van der Waals surface area contributed by atoms with Crippen molar-refractivity contribution >= 4 is 12.0 Å². The zero-order chi connectivity index (χ0) is 11.7. The van der Waals surface area contributed by atoms with Crippen LogP contribution in [0, 0.1) is 5.82 Å². The second kappa shape index (κ2) is 3.65. The Morgan fingerprint density at radius 1 is 1.44 bits per heavy atom. The molecule has 82 valence electrons. The average Bonchev–Trinajstić information content (AvgIpc) is 2.61. The minimum atomic E-state index is -1.32. The summed E-state index contributed by atoms with van der Waals surface area (Å²) in [5, 5.41) is 8.83. The van der Waals surface area contributed by atoms with E-state index in [4.69, 9.17) is 15.3 Å². The summed E-state index contributed by atoms with van der Waals surface area (Å²) in [6, 6.07) is 5.32. The summed E-state index contributed by atoms with van der Waals surface area (Å²) in [6.45, 7) is 0. The number of carbonyl (C=O) groups is 1. The lowest BCUT2D eigenvalue weighted by Crippen LogP contribution is -1.99. The second-order valence-corrected chi connectivity index (χ2v) is 3.01. The molecule has 0 atom stereocenters. The number of oxazole rings is 1. The molecule has 0 saturated carbocycles. The third-order valence-electron chi connectivity index (χ3n) is 1.96. The van der Waals surface area contributed by atoms with Gasteiger partial charge in [0.15, 0.2) is 11.5 Å². The van der Waals surface area contributed by atoms with Crippen molar-refractivity contribution in [2.75, 3.05) is 5.73 Å². The number of carboxylic acid groups (broad SMARTS) is 1. The first kappa shape index (κ1) is 10.2. The summed E-state index contributed by atoms with van der Waals surface area (Å²) in [6.07, 6.45) is 0. The first-order valence-electron chi connectivity index (χ1n) is 4.34. The first-order valence-corrected chi connectivity index (χ1v) is 4.34. The van der Waals surface area contributed by atoms with Gasteiger partial charge >= 0.3 is 5.97 Å². The fourth-order valence-electron chi connectivity index (χ4n) is 1.31. The summed E-state index contributed by atoms with van der Waals surface area (Å²) in [5.74, 6) is -2.09. The minimum Gasteiger partial charge on any atom is -0.476 e. The Labute approximate surface area is 89.3 Å². The SMILES string of the molecule is Nc1nc(C(=O)O)c(-c2ccccc2F)o1. The largest absolute Gasteiger partial charge is 0.476 e. The Hall–Kier alpha value is -2.37. The number of carboxylic acids is 1. The van der Waals surface area contributed by atoms with Crippen molar-refractivity contribution in [3.05, 3.63) is 35.8 Å². The van der Waals surface area contributed by atoms with Crippen molar-refractivity contribution in [1.29, 1.82) is 0 Å². The molecule has 2 rings (SSSR count). The molecule has 0 spiro atoms. The van der Waals surface area contributed by atoms with Gasteiger partial charge in [-0.15, -0.1) is 0 Å². The molecule has 0 bridgehead atoms. The smallest absolute Gasteiger partial charge is 0.358 e. The van der Waals surface area contributed by atoms with E-state index < -0.39 is 17.5 Å². The summed E-state index contributed by atoms with van der Waals surface area (Å²) in [7, 11) is 0. The number of aromatic nitrogens is 1. The zero-order valence-corrected chi connectivity index (χ0v) is 7.98. The molecule has 0 aliphatic rings. The van der Waals surface area contributed by atoms with Gasteiger partial charge in [-0.05, 0) is 12.1 Å². The van der Waals surface area contributed by atoms with E-state index >= 15 is 0 Å². The van der Waals surface area contributed by atoms with Gasteiger partial charge in [0.2, 0.25) is 0 Å².